The topological polar surface area (TPSA) is 46.5 Å². The Kier molecular flexibility index (Phi) is 12.1. The summed E-state index contributed by atoms with van der Waals surface area (Å²) in [5.41, 5.74) is 1.44. The maximum atomic E-state index is 11.2. The molecule has 0 aromatic heterocycles. The number of hydrogen-bond donors (Lipinski definition) is 1. The molecule has 1 unspecified atom stereocenters. The molecule has 1 rings (SSSR count). The Labute approximate surface area is 147 Å². The van der Waals surface area contributed by atoms with Crippen molar-refractivity contribution in [2.24, 2.45) is 0 Å². The Balaban J connectivity index is 1.84. The Morgan fingerprint density at radius 3 is 2.17 bits per heavy atom. The van der Waals surface area contributed by atoms with Crippen LogP contribution in [0, 0.1) is 0 Å². The van der Waals surface area contributed by atoms with Crippen LogP contribution >= 0.6 is 0 Å². The van der Waals surface area contributed by atoms with Gasteiger partial charge in [-0.2, -0.15) is 0 Å². The van der Waals surface area contributed by atoms with E-state index in [0.29, 0.717) is 13.0 Å². The fraction of sp³-hybridized carbons (Fsp3) is 0.667. The molecule has 0 amide bonds. The van der Waals surface area contributed by atoms with Crippen LogP contribution in [0.1, 0.15) is 76.7 Å². The molecule has 0 heterocycles. The lowest BCUT2D eigenvalue weighted by Gasteiger charge is -2.09. The van der Waals surface area contributed by atoms with Crippen molar-refractivity contribution in [3.8, 4) is 0 Å². The van der Waals surface area contributed by atoms with Crippen molar-refractivity contribution in [3.05, 3.63) is 35.9 Å². The van der Waals surface area contributed by atoms with Gasteiger partial charge in [-0.25, -0.2) is 0 Å². The van der Waals surface area contributed by atoms with Gasteiger partial charge in [0, 0.05) is 0 Å². The normalized spacial score (nSPS) is 12.1. The van der Waals surface area contributed by atoms with Crippen molar-refractivity contribution in [2.75, 3.05) is 6.61 Å². The summed E-state index contributed by atoms with van der Waals surface area (Å²) >= 11 is 0. The molecular formula is C21H34O3. The van der Waals surface area contributed by atoms with Gasteiger partial charge in [-0.05, 0) is 31.7 Å². The summed E-state index contributed by atoms with van der Waals surface area (Å²) < 4.78 is 4.83. The van der Waals surface area contributed by atoms with Crippen LogP contribution in [0.15, 0.2) is 30.3 Å². The third-order valence-electron chi connectivity index (χ3n) is 4.30. The number of hydrogen-bond acceptors (Lipinski definition) is 3. The fourth-order valence-electron chi connectivity index (χ4n) is 2.93. The number of benzene rings is 1. The highest BCUT2D eigenvalue weighted by molar-refractivity contribution is 5.69. The van der Waals surface area contributed by atoms with E-state index < -0.39 is 6.10 Å². The molecule has 0 fully saturated rings. The molecule has 0 saturated heterocycles. The van der Waals surface area contributed by atoms with E-state index in [1.807, 2.05) is 0 Å². The summed E-state index contributed by atoms with van der Waals surface area (Å²) in [6, 6.07) is 10.7. The number of rotatable bonds is 14. The zero-order chi connectivity index (χ0) is 17.5. The van der Waals surface area contributed by atoms with Gasteiger partial charge in [0.15, 0.2) is 0 Å². The SMILES string of the molecule is CCOC(=O)CC(O)CCCCCCCCCCc1ccccc1. The fourth-order valence-corrected chi connectivity index (χ4v) is 2.93. The second-order valence-corrected chi connectivity index (χ2v) is 6.52. The molecule has 1 N–H and O–H groups in total. The Bertz CT molecular complexity index is 416. The van der Waals surface area contributed by atoms with E-state index in [1.165, 1.54) is 50.5 Å². The monoisotopic (exact) mass is 334 g/mol. The first kappa shape index (κ1) is 20.7. The van der Waals surface area contributed by atoms with Gasteiger partial charge in [0.2, 0.25) is 0 Å². The highest BCUT2D eigenvalue weighted by atomic mass is 16.5. The average molecular weight is 334 g/mol. The lowest BCUT2D eigenvalue weighted by Crippen LogP contribution is -2.15. The van der Waals surface area contributed by atoms with E-state index in [1.54, 1.807) is 6.92 Å². The summed E-state index contributed by atoms with van der Waals surface area (Å²) in [5.74, 6) is -0.291. The Morgan fingerprint density at radius 2 is 1.54 bits per heavy atom. The van der Waals surface area contributed by atoms with Gasteiger partial charge in [0.1, 0.15) is 0 Å². The number of ether oxygens (including phenoxy) is 1. The van der Waals surface area contributed by atoms with Gasteiger partial charge in [-0.3, -0.25) is 4.79 Å². The highest BCUT2D eigenvalue weighted by Crippen LogP contribution is 2.13. The smallest absolute Gasteiger partial charge is 0.308 e. The highest BCUT2D eigenvalue weighted by Gasteiger charge is 2.10. The molecule has 3 heteroatoms. The zero-order valence-electron chi connectivity index (χ0n) is 15.2. The molecule has 3 nitrogen and oxygen atoms in total. The summed E-state index contributed by atoms with van der Waals surface area (Å²) in [6.45, 7) is 2.17. The lowest BCUT2D eigenvalue weighted by molar-refractivity contribution is -0.145. The standard InChI is InChI=1S/C21H34O3/c1-2-24-21(23)18-20(22)17-13-8-6-4-3-5-7-10-14-19-15-11-9-12-16-19/h9,11-12,15-16,20,22H,2-8,10,13-14,17-18H2,1H3. The first-order chi connectivity index (χ1) is 11.7. The van der Waals surface area contributed by atoms with Gasteiger partial charge in [-0.1, -0.05) is 75.3 Å². The van der Waals surface area contributed by atoms with Crippen LogP contribution in [0.3, 0.4) is 0 Å². The predicted molar refractivity (Wildman–Crippen MR) is 99.0 cm³/mol. The van der Waals surface area contributed by atoms with E-state index in [4.69, 9.17) is 4.74 Å². The number of carbonyl (C=O) groups excluding carboxylic acids is 1. The third kappa shape index (κ3) is 11.2. The number of carbonyl (C=O) groups is 1. The molecule has 136 valence electrons. The summed E-state index contributed by atoms with van der Waals surface area (Å²) in [6.07, 6.45) is 11.4. The summed E-state index contributed by atoms with van der Waals surface area (Å²) in [5, 5.41) is 9.74. The summed E-state index contributed by atoms with van der Waals surface area (Å²) in [4.78, 5) is 11.2. The van der Waals surface area contributed by atoms with Gasteiger partial charge in [0.05, 0.1) is 19.1 Å². The molecule has 0 aliphatic rings. The van der Waals surface area contributed by atoms with Crippen molar-refractivity contribution < 1.29 is 14.6 Å². The van der Waals surface area contributed by atoms with Crippen LogP contribution in [0.4, 0.5) is 0 Å². The molecule has 1 aromatic rings. The minimum absolute atomic E-state index is 0.134. The molecule has 0 aliphatic heterocycles. The predicted octanol–water partition coefficient (Wildman–Crippen LogP) is 5.05. The van der Waals surface area contributed by atoms with Crippen LogP contribution in [-0.4, -0.2) is 23.8 Å². The van der Waals surface area contributed by atoms with Gasteiger partial charge >= 0.3 is 5.97 Å². The summed E-state index contributed by atoms with van der Waals surface area (Å²) in [7, 11) is 0. The molecular weight excluding hydrogens is 300 g/mol. The molecule has 0 radical (unpaired) electrons. The molecule has 0 aliphatic carbocycles. The lowest BCUT2D eigenvalue weighted by atomic mass is 10.0. The maximum absolute atomic E-state index is 11.2. The minimum Gasteiger partial charge on any atom is -0.466 e. The van der Waals surface area contributed by atoms with Crippen LogP contribution in [-0.2, 0) is 16.0 Å². The Hall–Kier alpha value is -1.35. The van der Waals surface area contributed by atoms with E-state index in [9.17, 15) is 9.90 Å². The first-order valence-electron chi connectivity index (χ1n) is 9.60. The molecule has 1 atom stereocenters. The second kappa shape index (κ2) is 14.0. The van der Waals surface area contributed by atoms with E-state index >= 15 is 0 Å². The quantitative estimate of drug-likeness (QED) is 0.382. The van der Waals surface area contributed by atoms with Gasteiger partial charge < -0.3 is 9.84 Å². The van der Waals surface area contributed by atoms with Gasteiger partial charge in [-0.15, -0.1) is 0 Å². The average Bonchev–Trinajstić information content (AvgIpc) is 2.57. The van der Waals surface area contributed by atoms with Crippen molar-refractivity contribution in [3.63, 3.8) is 0 Å². The van der Waals surface area contributed by atoms with E-state index in [-0.39, 0.29) is 12.4 Å². The van der Waals surface area contributed by atoms with Crippen molar-refractivity contribution >= 4 is 5.97 Å². The molecule has 0 saturated carbocycles. The number of esters is 1. The number of aliphatic hydroxyl groups excluding tert-OH is 1. The minimum atomic E-state index is -0.540. The van der Waals surface area contributed by atoms with E-state index in [2.05, 4.69) is 30.3 Å². The van der Waals surface area contributed by atoms with Crippen LogP contribution in [0.25, 0.3) is 0 Å². The van der Waals surface area contributed by atoms with Crippen molar-refractivity contribution in [1.82, 2.24) is 0 Å². The van der Waals surface area contributed by atoms with Crippen LogP contribution in [0.2, 0.25) is 0 Å². The molecule has 1 aromatic carbocycles. The molecule has 0 bridgehead atoms. The van der Waals surface area contributed by atoms with E-state index in [0.717, 1.165) is 12.8 Å². The Morgan fingerprint density at radius 1 is 0.958 bits per heavy atom. The largest absolute Gasteiger partial charge is 0.466 e. The van der Waals surface area contributed by atoms with Crippen LogP contribution in [0.5, 0.6) is 0 Å². The number of unbranched alkanes of at least 4 members (excludes halogenated alkanes) is 7. The molecule has 0 spiro atoms. The molecule has 24 heavy (non-hydrogen) atoms. The van der Waals surface area contributed by atoms with Gasteiger partial charge in [0.25, 0.3) is 0 Å². The zero-order valence-corrected chi connectivity index (χ0v) is 15.2. The number of aliphatic hydroxyl groups is 1. The number of aryl methyl sites for hydroxylation is 1. The third-order valence-corrected chi connectivity index (χ3v) is 4.30. The first-order valence-corrected chi connectivity index (χ1v) is 9.60. The van der Waals surface area contributed by atoms with Crippen molar-refractivity contribution in [2.45, 2.75) is 83.7 Å². The van der Waals surface area contributed by atoms with Crippen LogP contribution < -0.4 is 0 Å². The van der Waals surface area contributed by atoms with Crippen molar-refractivity contribution in [1.29, 1.82) is 0 Å². The second-order valence-electron chi connectivity index (χ2n) is 6.52. The maximum Gasteiger partial charge on any atom is 0.308 e.